The second kappa shape index (κ2) is 5.48. The van der Waals surface area contributed by atoms with Crippen molar-refractivity contribution in [3.63, 3.8) is 0 Å². The van der Waals surface area contributed by atoms with Gasteiger partial charge in [0.25, 0.3) is 0 Å². The molecule has 0 bridgehead atoms. The molecule has 1 fully saturated rings. The van der Waals surface area contributed by atoms with Gasteiger partial charge in [-0.05, 0) is 13.0 Å². The quantitative estimate of drug-likeness (QED) is 0.847. The van der Waals surface area contributed by atoms with Crippen LogP contribution in [0.4, 0.5) is 0 Å². The number of nitrogens with zero attached hydrogens (tertiary/aromatic N) is 3. The van der Waals surface area contributed by atoms with Gasteiger partial charge in [-0.15, -0.1) is 11.3 Å². The van der Waals surface area contributed by atoms with Crippen LogP contribution in [0.2, 0.25) is 0 Å². The van der Waals surface area contributed by atoms with E-state index in [0.29, 0.717) is 47.8 Å². The van der Waals surface area contributed by atoms with Gasteiger partial charge in [-0.1, -0.05) is 5.16 Å². The van der Waals surface area contributed by atoms with Crippen molar-refractivity contribution in [2.24, 2.45) is 0 Å². The average molecular weight is 329 g/mol. The summed E-state index contributed by atoms with van der Waals surface area (Å²) in [4.78, 5) is 5.86. The number of morpholine rings is 1. The fraction of sp³-hybridized carbons (Fsp3) is 0.500. The Morgan fingerprint density at radius 3 is 2.62 bits per heavy atom. The molecule has 3 heterocycles. The molecule has 114 valence electrons. The molecule has 7 nitrogen and oxygen atoms in total. The van der Waals surface area contributed by atoms with Gasteiger partial charge in [-0.3, -0.25) is 0 Å². The van der Waals surface area contributed by atoms with Crippen LogP contribution in [0.3, 0.4) is 0 Å². The van der Waals surface area contributed by atoms with Crippen LogP contribution in [-0.4, -0.2) is 49.2 Å². The summed E-state index contributed by atoms with van der Waals surface area (Å²) in [5.41, 5.74) is 0. The third-order valence-corrected chi connectivity index (χ3v) is 6.41. The summed E-state index contributed by atoms with van der Waals surface area (Å²) in [7, 11) is -3.50. The minimum atomic E-state index is -3.50. The number of hydrogen-bond acceptors (Lipinski definition) is 7. The molecule has 1 saturated heterocycles. The maximum absolute atomic E-state index is 12.7. The Kier molecular flexibility index (Phi) is 3.82. The van der Waals surface area contributed by atoms with Gasteiger partial charge < -0.3 is 9.26 Å². The highest BCUT2D eigenvalue weighted by molar-refractivity contribution is 7.89. The van der Waals surface area contributed by atoms with Gasteiger partial charge in [-0.25, -0.2) is 8.42 Å². The third-order valence-electron chi connectivity index (χ3n) is 3.21. The van der Waals surface area contributed by atoms with E-state index in [9.17, 15) is 8.42 Å². The molecule has 0 radical (unpaired) electrons. The Hall–Kier alpha value is -1.29. The fourth-order valence-corrected chi connectivity index (χ4v) is 5.05. The van der Waals surface area contributed by atoms with E-state index < -0.39 is 10.0 Å². The molecule has 0 unspecified atom stereocenters. The molecular weight excluding hydrogens is 314 g/mol. The first-order valence-electron chi connectivity index (χ1n) is 6.47. The van der Waals surface area contributed by atoms with Gasteiger partial charge in [0.1, 0.15) is 0 Å². The van der Waals surface area contributed by atoms with Crippen molar-refractivity contribution in [1.29, 1.82) is 0 Å². The molecule has 2 aromatic rings. The minimum absolute atomic E-state index is 0.312. The zero-order valence-corrected chi connectivity index (χ0v) is 13.3. The number of thiophene rings is 1. The second-order valence-corrected chi connectivity index (χ2v) is 7.85. The first-order valence-corrected chi connectivity index (χ1v) is 8.73. The van der Waals surface area contributed by atoms with E-state index in [1.165, 1.54) is 15.6 Å². The lowest BCUT2D eigenvalue weighted by Gasteiger charge is -2.25. The Bertz CT molecular complexity index is 744. The van der Waals surface area contributed by atoms with Crippen molar-refractivity contribution in [3.05, 3.63) is 16.8 Å². The van der Waals surface area contributed by atoms with Gasteiger partial charge in [-0.2, -0.15) is 9.29 Å². The summed E-state index contributed by atoms with van der Waals surface area (Å²) in [6, 6.07) is 1.62. The molecule has 0 aliphatic carbocycles. The molecule has 9 heteroatoms. The van der Waals surface area contributed by atoms with Gasteiger partial charge in [0.2, 0.25) is 21.7 Å². The highest BCUT2D eigenvalue weighted by atomic mass is 32.2. The summed E-state index contributed by atoms with van der Waals surface area (Å²) in [5.74, 6) is 0.873. The van der Waals surface area contributed by atoms with Crippen molar-refractivity contribution in [2.45, 2.75) is 18.7 Å². The SMILES string of the molecule is Cc1nc(-c2cc(S(=O)(=O)N3CCOCC3)c(C)s2)no1. The normalized spacial score (nSPS) is 17.2. The summed E-state index contributed by atoms with van der Waals surface area (Å²) in [6.07, 6.45) is 0. The van der Waals surface area contributed by atoms with Gasteiger partial charge in [0.05, 0.1) is 23.0 Å². The van der Waals surface area contributed by atoms with E-state index in [-0.39, 0.29) is 0 Å². The molecule has 0 atom stereocenters. The molecule has 0 amide bonds. The van der Waals surface area contributed by atoms with Crippen LogP contribution >= 0.6 is 11.3 Å². The van der Waals surface area contributed by atoms with Crippen LogP contribution in [0.5, 0.6) is 0 Å². The summed E-state index contributed by atoms with van der Waals surface area (Å²) >= 11 is 1.35. The van der Waals surface area contributed by atoms with Crippen molar-refractivity contribution < 1.29 is 17.7 Å². The predicted molar refractivity (Wildman–Crippen MR) is 76.7 cm³/mol. The monoisotopic (exact) mass is 329 g/mol. The highest BCUT2D eigenvalue weighted by Gasteiger charge is 2.29. The van der Waals surface area contributed by atoms with Gasteiger partial charge in [0, 0.05) is 24.9 Å². The van der Waals surface area contributed by atoms with Gasteiger partial charge >= 0.3 is 0 Å². The maximum atomic E-state index is 12.7. The number of sulfonamides is 1. The summed E-state index contributed by atoms with van der Waals surface area (Å²) in [5, 5.41) is 3.83. The topological polar surface area (TPSA) is 85.5 Å². The summed E-state index contributed by atoms with van der Waals surface area (Å²) in [6.45, 7) is 5.11. The van der Waals surface area contributed by atoms with Crippen molar-refractivity contribution in [2.75, 3.05) is 26.3 Å². The van der Waals surface area contributed by atoms with Crippen molar-refractivity contribution in [1.82, 2.24) is 14.4 Å². The number of ether oxygens (including phenoxy) is 1. The smallest absolute Gasteiger partial charge is 0.244 e. The highest BCUT2D eigenvalue weighted by Crippen LogP contribution is 2.33. The average Bonchev–Trinajstić information content (AvgIpc) is 3.06. The minimum Gasteiger partial charge on any atom is -0.379 e. The third kappa shape index (κ3) is 2.73. The largest absolute Gasteiger partial charge is 0.379 e. The first kappa shape index (κ1) is 14.6. The Balaban J connectivity index is 1.97. The number of aromatic nitrogens is 2. The van der Waals surface area contributed by atoms with E-state index in [4.69, 9.17) is 9.26 Å². The molecule has 3 rings (SSSR count). The predicted octanol–water partition coefficient (Wildman–Crippen LogP) is 1.44. The molecule has 1 aliphatic rings. The number of aryl methyl sites for hydroxylation is 2. The Labute approximate surface area is 126 Å². The summed E-state index contributed by atoms with van der Waals surface area (Å²) < 4.78 is 36.9. The Morgan fingerprint density at radius 2 is 2.00 bits per heavy atom. The molecular formula is C12H15N3O4S2. The van der Waals surface area contributed by atoms with E-state index in [0.717, 1.165) is 4.88 Å². The van der Waals surface area contributed by atoms with E-state index in [1.807, 2.05) is 0 Å². The van der Waals surface area contributed by atoms with Crippen LogP contribution in [0.1, 0.15) is 10.8 Å². The first-order chi connectivity index (χ1) is 9.98. The van der Waals surface area contributed by atoms with Crippen LogP contribution in [0.25, 0.3) is 10.7 Å². The molecule has 2 aromatic heterocycles. The molecule has 0 N–H and O–H groups in total. The lowest BCUT2D eigenvalue weighted by atomic mass is 10.4. The van der Waals surface area contributed by atoms with E-state index >= 15 is 0 Å². The zero-order valence-electron chi connectivity index (χ0n) is 11.7. The maximum Gasteiger partial charge on any atom is 0.244 e. The number of hydrogen-bond donors (Lipinski definition) is 0. The van der Waals surface area contributed by atoms with Gasteiger partial charge in [0.15, 0.2) is 0 Å². The van der Waals surface area contributed by atoms with Crippen LogP contribution in [-0.2, 0) is 14.8 Å². The molecule has 0 spiro atoms. The lowest BCUT2D eigenvalue weighted by molar-refractivity contribution is 0.0730. The fourth-order valence-electron chi connectivity index (χ4n) is 2.16. The molecule has 1 aliphatic heterocycles. The van der Waals surface area contributed by atoms with E-state index in [1.54, 1.807) is 19.9 Å². The van der Waals surface area contributed by atoms with Crippen LogP contribution in [0.15, 0.2) is 15.5 Å². The molecule has 0 saturated carbocycles. The zero-order chi connectivity index (χ0) is 15.0. The number of rotatable bonds is 3. The van der Waals surface area contributed by atoms with Crippen LogP contribution < -0.4 is 0 Å². The van der Waals surface area contributed by atoms with Crippen LogP contribution in [0, 0.1) is 13.8 Å². The standard InChI is InChI=1S/C12H15N3O4S2/c1-8-11(21(16,17)15-3-5-18-6-4-15)7-10(20-8)12-13-9(2)19-14-12/h7H,3-6H2,1-2H3. The Morgan fingerprint density at radius 1 is 1.29 bits per heavy atom. The lowest BCUT2D eigenvalue weighted by Crippen LogP contribution is -2.40. The van der Waals surface area contributed by atoms with E-state index in [2.05, 4.69) is 10.1 Å². The molecule has 21 heavy (non-hydrogen) atoms. The second-order valence-electron chi connectivity index (χ2n) is 4.68. The van der Waals surface area contributed by atoms with Crippen molar-refractivity contribution >= 4 is 21.4 Å². The van der Waals surface area contributed by atoms with Crippen molar-refractivity contribution in [3.8, 4) is 10.7 Å². The molecule has 0 aromatic carbocycles.